The minimum absolute atomic E-state index is 0.322. The van der Waals surface area contributed by atoms with Gasteiger partial charge < -0.3 is 25.4 Å². The van der Waals surface area contributed by atoms with Gasteiger partial charge in [-0.25, -0.2) is 0 Å². The zero-order valence-electron chi connectivity index (χ0n) is 21.1. The van der Waals surface area contributed by atoms with Gasteiger partial charge in [0, 0.05) is 28.4 Å². The van der Waals surface area contributed by atoms with Crippen molar-refractivity contribution >= 4 is 53.5 Å². The van der Waals surface area contributed by atoms with E-state index in [1.165, 1.54) is 0 Å². The Morgan fingerprint density at radius 3 is 1.35 bits per heavy atom. The number of anilines is 5. The first-order valence-electron chi connectivity index (χ1n) is 12.2. The van der Waals surface area contributed by atoms with Gasteiger partial charge in [0.2, 0.25) is 0 Å². The zero-order chi connectivity index (χ0) is 26.3. The molecule has 0 saturated carbocycles. The van der Waals surface area contributed by atoms with Gasteiger partial charge in [-0.1, -0.05) is 36.4 Å². The zero-order valence-corrected chi connectivity index (χ0v) is 22.0. The second-order valence-electron chi connectivity index (χ2n) is 8.37. The molecule has 0 unspecified atom stereocenters. The molecule has 4 N–H and O–H groups in total. The Labute approximate surface area is 218 Å². The molecule has 4 rings (SSSR count). The Balaban J connectivity index is 1.55. The second-order valence-corrected chi connectivity index (χ2v) is 10.4. The van der Waals surface area contributed by atoms with Crippen LogP contribution in [-0.2, 0) is 13.6 Å². The summed E-state index contributed by atoms with van der Waals surface area (Å²) in [7, 11) is -3.28. The van der Waals surface area contributed by atoms with Crippen LogP contribution < -0.4 is 21.7 Å². The van der Waals surface area contributed by atoms with Gasteiger partial charge in [0.25, 0.3) is 0 Å². The maximum atomic E-state index is 13.0. The van der Waals surface area contributed by atoms with E-state index in [9.17, 15) is 4.57 Å². The molecule has 0 fully saturated rings. The smallest absolute Gasteiger partial charge is 0.361 e. The monoisotopic (exact) mass is 513 g/mol. The Kier molecular flexibility index (Phi) is 8.47. The van der Waals surface area contributed by atoms with Crippen LogP contribution in [0.3, 0.4) is 0 Å². The lowest BCUT2D eigenvalue weighted by atomic mass is 10.1. The number of nitrogens with two attached hydrogens (primary N) is 2. The van der Waals surface area contributed by atoms with Crippen molar-refractivity contribution in [3.8, 4) is 0 Å². The molecular formula is C30H32N3O3P. The molecule has 0 heterocycles. The molecule has 190 valence electrons. The van der Waals surface area contributed by atoms with Crippen molar-refractivity contribution in [1.29, 1.82) is 0 Å². The van der Waals surface area contributed by atoms with E-state index >= 15 is 0 Å². The molecule has 0 aliphatic carbocycles. The number of nitrogens with zero attached hydrogens (tertiary/aromatic N) is 1. The Morgan fingerprint density at radius 2 is 0.973 bits per heavy atom. The first kappa shape index (κ1) is 26.2. The number of benzene rings is 4. The van der Waals surface area contributed by atoms with Crippen LogP contribution in [-0.4, -0.2) is 13.2 Å². The van der Waals surface area contributed by atoms with E-state index in [1.54, 1.807) is 26.0 Å². The molecule has 0 atom stereocenters. The highest BCUT2D eigenvalue weighted by Crippen LogP contribution is 2.46. The maximum absolute atomic E-state index is 13.0. The van der Waals surface area contributed by atoms with Gasteiger partial charge in [-0.15, -0.1) is 0 Å². The van der Waals surface area contributed by atoms with Crippen molar-refractivity contribution in [3.63, 3.8) is 0 Å². The summed E-state index contributed by atoms with van der Waals surface area (Å²) in [6.45, 7) is 4.25. The molecule has 0 radical (unpaired) electrons. The highest BCUT2D eigenvalue weighted by molar-refractivity contribution is 7.62. The molecular weight excluding hydrogens is 481 g/mol. The molecule has 0 aliphatic heterocycles. The predicted octanol–water partition coefficient (Wildman–Crippen LogP) is 7.38. The van der Waals surface area contributed by atoms with Crippen molar-refractivity contribution in [2.75, 3.05) is 29.6 Å². The van der Waals surface area contributed by atoms with Crippen LogP contribution in [0.1, 0.15) is 25.0 Å². The van der Waals surface area contributed by atoms with E-state index in [0.29, 0.717) is 29.9 Å². The first-order chi connectivity index (χ1) is 17.9. The lowest BCUT2D eigenvalue weighted by Crippen LogP contribution is -2.10. The predicted molar refractivity (Wildman–Crippen MR) is 156 cm³/mol. The molecule has 37 heavy (non-hydrogen) atoms. The fraction of sp³-hybridized carbons (Fsp3) is 0.133. The summed E-state index contributed by atoms with van der Waals surface area (Å²) in [6.07, 6.45) is 4.06. The Bertz CT molecular complexity index is 1310. The molecule has 0 spiro atoms. The van der Waals surface area contributed by atoms with Crippen LogP contribution in [0.2, 0.25) is 0 Å². The van der Waals surface area contributed by atoms with Crippen LogP contribution in [0, 0.1) is 0 Å². The SMILES string of the molecule is CCOP(=O)(OCC)c1ccc(/C=C/c2ccc(N(c3ccc(N)cc3)c3ccc(N)cc3)cc2)cc1. The summed E-state index contributed by atoms with van der Waals surface area (Å²) < 4.78 is 23.8. The third-order valence-corrected chi connectivity index (χ3v) is 7.86. The van der Waals surface area contributed by atoms with Crippen LogP contribution in [0.4, 0.5) is 28.4 Å². The number of nitrogen functional groups attached to an aromatic ring is 2. The van der Waals surface area contributed by atoms with Crippen LogP contribution in [0.25, 0.3) is 12.2 Å². The molecule has 0 bridgehead atoms. The molecule has 0 amide bonds. The van der Waals surface area contributed by atoms with Gasteiger partial charge in [0.15, 0.2) is 0 Å². The van der Waals surface area contributed by atoms with E-state index in [1.807, 2.05) is 72.8 Å². The van der Waals surface area contributed by atoms with Gasteiger partial charge in [-0.2, -0.15) is 0 Å². The Hall–Kier alpha value is -3.83. The van der Waals surface area contributed by atoms with E-state index in [4.69, 9.17) is 20.5 Å². The molecule has 0 aromatic heterocycles. The van der Waals surface area contributed by atoms with Crippen LogP contribution in [0.5, 0.6) is 0 Å². The van der Waals surface area contributed by atoms with Gasteiger partial charge in [-0.3, -0.25) is 4.57 Å². The molecule has 7 heteroatoms. The van der Waals surface area contributed by atoms with E-state index in [0.717, 1.165) is 28.2 Å². The van der Waals surface area contributed by atoms with E-state index in [2.05, 4.69) is 29.2 Å². The summed E-state index contributed by atoms with van der Waals surface area (Å²) in [6, 6.07) is 31.3. The molecule has 0 aliphatic rings. The average Bonchev–Trinajstić information content (AvgIpc) is 2.91. The van der Waals surface area contributed by atoms with Crippen LogP contribution in [0.15, 0.2) is 97.1 Å². The van der Waals surface area contributed by atoms with Gasteiger partial charge in [0.1, 0.15) is 0 Å². The van der Waals surface area contributed by atoms with E-state index in [-0.39, 0.29) is 0 Å². The molecule has 4 aromatic rings. The minimum atomic E-state index is -3.28. The van der Waals surface area contributed by atoms with E-state index < -0.39 is 7.60 Å². The summed E-state index contributed by atoms with van der Waals surface area (Å²) in [5, 5.41) is 0.558. The van der Waals surface area contributed by atoms with Crippen molar-refractivity contribution in [2.45, 2.75) is 13.8 Å². The van der Waals surface area contributed by atoms with Crippen molar-refractivity contribution in [1.82, 2.24) is 0 Å². The fourth-order valence-corrected chi connectivity index (χ4v) is 5.48. The third kappa shape index (κ3) is 6.49. The van der Waals surface area contributed by atoms with Gasteiger partial charge in [0.05, 0.1) is 18.5 Å². The summed E-state index contributed by atoms with van der Waals surface area (Å²) in [4.78, 5) is 2.15. The van der Waals surface area contributed by atoms with Crippen LogP contribution >= 0.6 is 7.60 Å². The Morgan fingerprint density at radius 1 is 0.622 bits per heavy atom. The highest BCUT2D eigenvalue weighted by atomic mass is 31.2. The summed E-state index contributed by atoms with van der Waals surface area (Å²) >= 11 is 0. The number of hydrogen-bond donors (Lipinski definition) is 2. The molecule has 4 aromatic carbocycles. The highest BCUT2D eigenvalue weighted by Gasteiger charge is 2.26. The van der Waals surface area contributed by atoms with Gasteiger partial charge in [-0.05, 0) is 97.8 Å². The molecule has 0 saturated heterocycles. The minimum Gasteiger partial charge on any atom is -0.399 e. The van der Waals surface area contributed by atoms with Crippen molar-refractivity contribution in [2.24, 2.45) is 0 Å². The average molecular weight is 514 g/mol. The van der Waals surface area contributed by atoms with Gasteiger partial charge >= 0.3 is 7.60 Å². The third-order valence-electron chi connectivity index (χ3n) is 5.73. The molecule has 6 nitrogen and oxygen atoms in total. The largest absolute Gasteiger partial charge is 0.399 e. The summed E-state index contributed by atoms with van der Waals surface area (Å²) in [5.74, 6) is 0. The standard InChI is InChI=1S/C30H32N3O3P/c1-3-35-37(34,36-4-2)30-21-9-24(10-22-30)6-5-23-7-15-27(16-8-23)33(28-17-11-25(31)12-18-28)29-19-13-26(32)14-20-29/h5-22H,3-4,31-32H2,1-2H3/b6-5+. The van der Waals surface area contributed by atoms with Crippen molar-refractivity contribution < 1.29 is 13.6 Å². The first-order valence-corrected chi connectivity index (χ1v) is 13.7. The quantitative estimate of drug-likeness (QED) is 0.131. The fourth-order valence-electron chi connectivity index (χ4n) is 3.92. The number of rotatable bonds is 10. The second kappa shape index (κ2) is 11.9. The maximum Gasteiger partial charge on any atom is 0.361 e. The number of hydrogen-bond acceptors (Lipinski definition) is 6. The lowest BCUT2D eigenvalue weighted by Gasteiger charge is -2.25. The van der Waals surface area contributed by atoms with Crippen molar-refractivity contribution in [3.05, 3.63) is 108 Å². The lowest BCUT2D eigenvalue weighted by molar-refractivity contribution is 0.230. The topological polar surface area (TPSA) is 90.8 Å². The summed E-state index contributed by atoms with van der Waals surface area (Å²) in [5.41, 5.74) is 18.3. The normalized spacial score (nSPS) is 11.6.